The van der Waals surface area contributed by atoms with E-state index >= 15 is 0 Å². The predicted molar refractivity (Wildman–Crippen MR) is 50.5 cm³/mol. The van der Waals surface area contributed by atoms with Crippen molar-refractivity contribution >= 4 is 0 Å². The lowest BCUT2D eigenvalue weighted by Crippen LogP contribution is -2.33. The molecule has 1 saturated carbocycles. The highest BCUT2D eigenvalue weighted by Gasteiger charge is 2.50. The largest absolute Gasteiger partial charge is 0.0620 e. The van der Waals surface area contributed by atoms with Crippen molar-refractivity contribution in [3.05, 3.63) is 0 Å². The second-order valence-electron chi connectivity index (χ2n) is 5.48. The van der Waals surface area contributed by atoms with Gasteiger partial charge in [-0.05, 0) is 29.1 Å². The van der Waals surface area contributed by atoms with Gasteiger partial charge in [0.25, 0.3) is 0 Å². The minimum absolute atomic E-state index is 0.520. The molecule has 66 valence electrons. The van der Waals surface area contributed by atoms with Gasteiger partial charge < -0.3 is 0 Å². The molecule has 11 heavy (non-hydrogen) atoms. The molecular weight excluding hydrogens is 132 g/mol. The maximum atomic E-state index is 2.42. The Bertz CT molecular complexity index is 135. The molecule has 1 rings (SSSR count). The summed E-state index contributed by atoms with van der Waals surface area (Å²) < 4.78 is 0. The predicted octanol–water partition coefficient (Wildman–Crippen LogP) is 3.71. The SMILES string of the molecule is CC1C[C@@H](C)C(C)(C)C1(C)C. The van der Waals surface area contributed by atoms with Gasteiger partial charge in [0.15, 0.2) is 0 Å². The van der Waals surface area contributed by atoms with Crippen LogP contribution in [0.4, 0.5) is 0 Å². The first-order valence-corrected chi connectivity index (χ1v) is 4.80. The van der Waals surface area contributed by atoms with E-state index in [4.69, 9.17) is 0 Å². The summed E-state index contributed by atoms with van der Waals surface area (Å²) in [6.45, 7) is 14.5. The summed E-state index contributed by atoms with van der Waals surface area (Å²) >= 11 is 0. The van der Waals surface area contributed by atoms with Crippen molar-refractivity contribution in [3.8, 4) is 0 Å². The topological polar surface area (TPSA) is 0 Å². The summed E-state index contributed by atoms with van der Waals surface area (Å²) in [5.74, 6) is 1.76. The molecule has 0 amide bonds. The lowest BCUT2D eigenvalue weighted by atomic mass is 9.65. The van der Waals surface area contributed by atoms with E-state index in [9.17, 15) is 0 Å². The minimum atomic E-state index is 0.520. The van der Waals surface area contributed by atoms with Gasteiger partial charge in [0.05, 0.1) is 0 Å². The van der Waals surface area contributed by atoms with Gasteiger partial charge in [-0.15, -0.1) is 0 Å². The van der Waals surface area contributed by atoms with Crippen molar-refractivity contribution in [2.45, 2.75) is 48.0 Å². The third-order valence-corrected chi connectivity index (χ3v) is 4.83. The zero-order valence-electron chi connectivity index (χ0n) is 8.86. The van der Waals surface area contributed by atoms with Gasteiger partial charge in [0.2, 0.25) is 0 Å². The Morgan fingerprint density at radius 3 is 1.18 bits per heavy atom. The molecular formula is C11H22. The third-order valence-electron chi connectivity index (χ3n) is 4.83. The molecule has 1 fully saturated rings. The number of rotatable bonds is 0. The van der Waals surface area contributed by atoms with Crippen LogP contribution in [0, 0.1) is 22.7 Å². The minimum Gasteiger partial charge on any atom is -0.0620 e. The van der Waals surface area contributed by atoms with Crippen molar-refractivity contribution in [1.82, 2.24) is 0 Å². The van der Waals surface area contributed by atoms with Crippen LogP contribution in [0.1, 0.15) is 48.0 Å². The highest BCUT2D eigenvalue weighted by Crippen LogP contribution is 2.58. The van der Waals surface area contributed by atoms with Gasteiger partial charge in [-0.3, -0.25) is 0 Å². The summed E-state index contributed by atoms with van der Waals surface area (Å²) in [4.78, 5) is 0. The maximum Gasteiger partial charge on any atom is -0.0275 e. The zero-order valence-corrected chi connectivity index (χ0v) is 8.86. The van der Waals surface area contributed by atoms with E-state index < -0.39 is 0 Å². The van der Waals surface area contributed by atoms with Crippen LogP contribution in [0.25, 0.3) is 0 Å². The van der Waals surface area contributed by atoms with Crippen molar-refractivity contribution in [2.75, 3.05) is 0 Å². The van der Waals surface area contributed by atoms with Gasteiger partial charge >= 0.3 is 0 Å². The van der Waals surface area contributed by atoms with Gasteiger partial charge in [-0.2, -0.15) is 0 Å². The molecule has 0 heterocycles. The normalized spacial score (nSPS) is 40.9. The Kier molecular flexibility index (Phi) is 1.85. The smallest absolute Gasteiger partial charge is 0.0275 e. The van der Waals surface area contributed by atoms with Crippen LogP contribution >= 0.6 is 0 Å². The Hall–Kier alpha value is 0. The van der Waals surface area contributed by atoms with Crippen molar-refractivity contribution in [2.24, 2.45) is 22.7 Å². The van der Waals surface area contributed by atoms with Crippen LogP contribution in [0.3, 0.4) is 0 Å². The molecule has 0 nitrogen and oxygen atoms in total. The maximum absolute atomic E-state index is 2.42. The lowest BCUT2D eigenvalue weighted by Gasteiger charge is -2.40. The van der Waals surface area contributed by atoms with E-state index in [2.05, 4.69) is 41.5 Å². The number of hydrogen-bond acceptors (Lipinski definition) is 0. The van der Waals surface area contributed by atoms with Gasteiger partial charge in [-0.1, -0.05) is 41.5 Å². The Morgan fingerprint density at radius 2 is 1.09 bits per heavy atom. The van der Waals surface area contributed by atoms with Gasteiger partial charge in [-0.25, -0.2) is 0 Å². The van der Waals surface area contributed by atoms with Crippen LogP contribution in [0.5, 0.6) is 0 Å². The molecule has 2 atom stereocenters. The highest BCUT2D eigenvalue weighted by molar-refractivity contribution is 4.99. The van der Waals surface area contributed by atoms with Gasteiger partial charge in [0, 0.05) is 0 Å². The first-order chi connectivity index (χ1) is 4.80. The van der Waals surface area contributed by atoms with Crippen LogP contribution < -0.4 is 0 Å². The Balaban J connectivity index is 2.95. The van der Waals surface area contributed by atoms with Crippen molar-refractivity contribution in [3.63, 3.8) is 0 Å². The number of hydrogen-bond donors (Lipinski definition) is 0. The molecule has 0 spiro atoms. The van der Waals surface area contributed by atoms with E-state index in [1.54, 1.807) is 0 Å². The van der Waals surface area contributed by atoms with Crippen LogP contribution in [-0.4, -0.2) is 0 Å². The van der Waals surface area contributed by atoms with Crippen molar-refractivity contribution < 1.29 is 0 Å². The molecule has 0 radical (unpaired) electrons. The lowest BCUT2D eigenvalue weighted by molar-refractivity contribution is 0.0887. The van der Waals surface area contributed by atoms with Crippen LogP contribution in [0.15, 0.2) is 0 Å². The molecule has 0 aromatic rings. The molecule has 0 bridgehead atoms. The van der Waals surface area contributed by atoms with E-state index in [1.165, 1.54) is 6.42 Å². The molecule has 0 heteroatoms. The molecule has 1 aliphatic rings. The molecule has 0 N–H and O–H groups in total. The monoisotopic (exact) mass is 154 g/mol. The average Bonchev–Trinajstić information content (AvgIpc) is 1.95. The summed E-state index contributed by atoms with van der Waals surface area (Å²) in [5.41, 5.74) is 1.04. The van der Waals surface area contributed by atoms with E-state index in [-0.39, 0.29) is 0 Å². The Labute approximate surface area is 71.4 Å². The third kappa shape index (κ3) is 1.02. The first kappa shape index (κ1) is 9.09. The van der Waals surface area contributed by atoms with E-state index in [0.717, 1.165) is 11.8 Å². The second-order valence-corrected chi connectivity index (χ2v) is 5.48. The van der Waals surface area contributed by atoms with E-state index in [1.807, 2.05) is 0 Å². The molecule has 0 aromatic heterocycles. The van der Waals surface area contributed by atoms with Crippen LogP contribution in [-0.2, 0) is 0 Å². The fraction of sp³-hybridized carbons (Fsp3) is 1.00. The molecule has 1 unspecified atom stereocenters. The fourth-order valence-corrected chi connectivity index (χ4v) is 2.39. The van der Waals surface area contributed by atoms with Gasteiger partial charge in [0.1, 0.15) is 0 Å². The summed E-state index contributed by atoms with van der Waals surface area (Å²) in [6.07, 6.45) is 1.40. The first-order valence-electron chi connectivity index (χ1n) is 4.80. The Morgan fingerprint density at radius 1 is 0.818 bits per heavy atom. The second kappa shape index (κ2) is 2.24. The van der Waals surface area contributed by atoms with E-state index in [0.29, 0.717) is 10.8 Å². The van der Waals surface area contributed by atoms with Crippen LogP contribution in [0.2, 0.25) is 0 Å². The average molecular weight is 154 g/mol. The zero-order chi connectivity index (χ0) is 8.86. The fourth-order valence-electron chi connectivity index (χ4n) is 2.39. The molecule has 1 aliphatic carbocycles. The highest BCUT2D eigenvalue weighted by atomic mass is 14.5. The molecule has 0 aliphatic heterocycles. The summed E-state index contributed by atoms with van der Waals surface area (Å²) in [5, 5.41) is 0. The summed E-state index contributed by atoms with van der Waals surface area (Å²) in [7, 11) is 0. The standard InChI is InChI=1S/C11H22/c1-8-7-9(2)11(5,6)10(8,3)4/h8-9H,7H2,1-6H3/t8-,9?/m1/s1. The quantitative estimate of drug-likeness (QED) is 0.499. The molecule has 0 saturated heterocycles. The molecule has 0 aromatic carbocycles. The van der Waals surface area contributed by atoms with Crippen molar-refractivity contribution in [1.29, 1.82) is 0 Å². The summed E-state index contributed by atoms with van der Waals surface area (Å²) in [6, 6.07) is 0.